The van der Waals surface area contributed by atoms with Crippen LogP contribution in [0, 0.1) is 11.3 Å². The third-order valence-corrected chi connectivity index (χ3v) is 6.74. The molecular formula is C23H22N4O6S. The number of sulfonamides is 1. The molecule has 1 heterocycles. The van der Waals surface area contributed by atoms with Crippen LogP contribution in [-0.2, 0) is 29.1 Å². The van der Waals surface area contributed by atoms with Crippen LogP contribution in [0.15, 0.2) is 82.2 Å². The van der Waals surface area contributed by atoms with Crippen LogP contribution in [0.25, 0.3) is 0 Å². The summed E-state index contributed by atoms with van der Waals surface area (Å²) in [6.45, 7) is 0. The molecule has 11 heteroatoms. The minimum absolute atomic E-state index is 0.0598. The molecule has 2 aromatic carbocycles. The molecule has 3 N–H and O–H groups in total. The van der Waals surface area contributed by atoms with Crippen molar-refractivity contribution in [3.8, 4) is 6.07 Å². The first-order valence-electron chi connectivity index (χ1n) is 9.91. The van der Waals surface area contributed by atoms with Crippen LogP contribution in [0.4, 0.5) is 5.69 Å². The Bertz CT molecular complexity index is 1340. The van der Waals surface area contributed by atoms with Gasteiger partial charge in [-0.2, -0.15) is 5.26 Å². The van der Waals surface area contributed by atoms with E-state index in [1.54, 1.807) is 30.3 Å². The zero-order valence-electron chi connectivity index (χ0n) is 18.6. The van der Waals surface area contributed by atoms with E-state index >= 15 is 0 Å². The molecule has 0 fully saturated rings. The molecule has 3 rings (SSSR count). The first-order chi connectivity index (χ1) is 16.2. The summed E-state index contributed by atoms with van der Waals surface area (Å²) in [6.07, 6.45) is 0. The lowest BCUT2D eigenvalue weighted by Gasteiger charge is -2.36. The number of anilines is 1. The Labute approximate surface area is 196 Å². The lowest BCUT2D eigenvalue weighted by molar-refractivity contribution is -0.139. The predicted octanol–water partition coefficient (Wildman–Crippen LogP) is 1.49. The number of para-hydroxylation sites is 1. The van der Waals surface area contributed by atoms with Crippen LogP contribution in [0.5, 0.6) is 0 Å². The Balaban J connectivity index is 2.49. The second-order valence-electron chi connectivity index (χ2n) is 7.01. The van der Waals surface area contributed by atoms with Crippen LogP contribution >= 0.6 is 0 Å². The van der Waals surface area contributed by atoms with Crippen molar-refractivity contribution in [1.82, 2.24) is 4.72 Å². The van der Waals surface area contributed by atoms with E-state index in [1.807, 2.05) is 6.07 Å². The highest BCUT2D eigenvalue weighted by Crippen LogP contribution is 2.44. The van der Waals surface area contributed by atoms with Gasteiger partial charge < -0.3 is 15.2 Å². The minimum atomic E-state index is -4.03. The van der Waals surface area contributed by atoms with Crippen molar-refractivity contribution >= 4 is 27.6 Å². The van der Waals surface area contributed by atoms with E-state index in [9.17, 15) is 23.3 Å². The van der Waals surface area contributed by atoms with Gasteiger partial charge in [0, 0.05) is 0 Å². The average Bonchev–Trinajstić information content (AvgIpc) is 2.87. The molecule has 0 radical (unpaired) electrons. The topological polar surface area (TPSA) is 152 Å². The molecule has 1 unspecified atom stereocenters. The van der Waals surface area contributed by atoms with Crippen molar-refractivity contribution in [1.29, 1.82) is 5.26 Å². The second kappa shape index (κ2) is 9.78. The number of methoxy groups -OCH3 is 2. The fourth-order valence-corrected chi connectivity index (χ4v) is 4.65. The van der Waals surface area contributed by atoms with Gasteiger partial charge in [0.2, 0.25) is 10.0 Å². The third-order valence-electron chi connectivity index (χ3n) is 5.27. The van der Waals surface area contributed by atoms with Crippen LogP contribution < -0.4 is 15.4 Å². The first-order valence-corrected chi connectivity index (χ1v) is 11.4. The molecule has 34 heavy (non-hydrogen) atoms. The molecule has 0 amide bonds. The molecule has 10 nitrogen and oxygen atoms in total. The molecule has 176 valence electrons. The number of ether oxygens (including phenoxy) is 2. The number of allylic oxidation sites excluding steroid dienone is 1. The van der Waals surface area contributed by atoms with Gasteiger partial charge in [-0.25, -0.2) is 22.7 Å². The van der Waals surface area contributed by atoms with Crippen molar-refractivity contribution in [2.75, 3.05) is 26.2 Å². The van der Waals surface area contributed by atoms with Crippen molar-refractivity contribution in [2.24, 2.45) is 5.73 Å². The quantitative estimate of drug-likeness (QED) is 0.583. The summed E-state index contributed by atoms with van der Waals surface area (Å²) in [5.41, 5.74) is 6.19. The summed E-state index contributed by atoms with van der Waals surface area (Å²) in [5.74, 6) is -3.17. The van der Waals surface area contributed by atoms with Crippen LogP contribution in [0.3, 0.4) is 0 Å². The van der Waals surface area contributed by atoms with Crippen molar-refractivity contribution < 1.29 is 27.5 Å². The van der Waals surface area contributed by atoms with Gasteiger partial charge in [0.25, 0.3) is 0 Å². The van der Waals surface area contributed by atoms with Gasteiger partial charge in [-0.1, -0.05) is 42.5 Å². The number of nitrogens with two attached hydrogens (primary N) is 1. The summed E-state index contributed by atoms with van der Waals surface area (Å²) in [6, 6.07) is 16.2. The highest BCUT2D eigenvalue weighted by molar-refractivity contribution is 7.89. The van der Waals surface area contributed by atoms with Crippen LogP contribution in [0.2, 0.25) is 0 Å². The number of hydrogen-bond donors (Lipinski definition) is 2. The largest absolute Gasteiger partial charge is 0.466 e. The van der Waals surface area contributed by atoms with E-state index < -0.39 is 27.9 Å². The smallest absolute Gasteiger partial charge is 0.355 e. The van der Waals surface area contributed by atoms with Gasteiger partial charge in [0.1, 0.15) is 16.4 Å². The highest BCUT2D eigenvalue weighted by atomic mass is 32.2. The highest BCUT2D eigenvalue weighted by Gasteiger charge is 2.44. The number of nitrogens with zero attached hydrogens (tertiary/aromatic N) is 2. The predicted molar refractivity (Wildman–Crippen MR) is 122 cm³/mol. The number of carbonyl (C=O) groups excluding carboxylic acids is 2. The lowest BCUT2D eigenvalue weighted by atomic mass is 9.81. The Kier molecular flexibility index (Phi) is 7.05. The molecule has 0 aliphatic carbocycles. The number of carbonyl (C=O) groups is 2. The normalized spacial score (nSPS) is 16.2. The number of nitriles is 1. The Hall–Kier alpha value is -4.14. The van der Waals surface area contributed by atoms with Crippen molar-refractivity contribution in [3.63, 3.8) is 0 Å². The summed E-state index contributed by atoms with van der Waals surface area (Å²) >= 11 is 0. The van der Waals surface area contributed by atoms with Crippen LogP contribution in [0.1, 0.15) is 11.5 Å². The molecule has 1 aliphatic heterocycles. The second-order valence-corrected chi connectivity index (χ2v) is 8.87. The maximum atomic E-state index is 13.1. The molecule has 1 aliphatic rings. The SMILES string of the molecule is CNS(=O)(=O)c1ccccc1N1C(N)=C(C#N)C(c2ccccc2)C(C(=O)OC)=C1C(=O)OC. The van der Waals surface area contributed by atoms with Gasteiger partial charge in [-0.15, -0.1) is 0 Å². The molecular weight excluding hydrogens is 460 g/mol. The van der Waals surface area contributed by atoms with E-state index in [2.05, 4.69) is 4.72 Å². The van der Waals surface area contributed by atoms with Gasteiger partial charge in [-0.3, -0.25) is 4.90 Å². The van der Waals surface area contributed by atoms with E-state index in [-0.39, 0.29) is 33.2 Å². The van der Waals surface area contributed by atoms with Gasteiger partial charge in [0.15, 0.2) is 0 Å². The lowest BCUT2D eigenvalue weighted by Crippen LogP contribution is -2.41. The zero-order valence-corrected chi connectivity index (χ0v) is 19.4. The number of hydrogen-bond acceptors (Lipinski definition) is 9. The number of nitrogens with one attached hydrogen (secondary N) is 1. The molecule has 2 aromatic rings. The number of benzene rings is 2. The maximum absolute atomic E-state index is 13.1. The summed E-state index contributed by atoms with van der Waals surface area (Å²) < 4.78 is 37.6. The average molecular weight is 483 g/mol. The fraction of sp³-hybridized carbons (Fsp3) is 0.174. The van der Waals surface area contributed by atoms with E-state index in [4.69, 9.17) is 15.2 Å². The maximum Gasteiger partial charge on any atom is 0.355 e. The monoisotopic (exact) mass is 482 g/mol. The molecule has 0 saturated heterocycles. The Morgan fingerprint density at radius 1 is 1.03 bits per heavy atom. The van der Waals surface area contributed by atoms with Gasteiger partial charge >= 0.3 is 11.9 Å². The molecule has 0 bridgehead atoms. The van der Waals surface area contributed by atoms with E-state index in [1.165, 1.54) is 31.3 Å². The van der Waals surface area contributed by atoms with Crippen molar-refractivity contribution in [2.45, 2.75) is 10.8 Å². The van der Waals surface area contributed by atoms with Gasteiger partial charge in [0.05, 0.1) is 43.0 Å². The van der Waals surface area contributed by atoms with E-state index in [0.717, 1.165) is 19.1 Å². The van der Waals surface area contributed by atoms with E-state index in [0.29, 0.717) is 5.56 Å². The van der Waals surface area contributed by atoms with Crippen molar-refractivity contribution in [3.05, 3.63) is 82.8 Å². The molecule has 0 saturated carbocycles. The summed E-state index contributed by atoms with van der Waals surface area (Å²) in [4.78, 5) is 26.9. The molecule has 0 spiro atoms. The summed E-state index contributed by atoms with van der Waals surface area (Å²) in [7, 11) is -0.572. The Morgan fingerprint density at radius 2 is 1.62 bits per heavy atom. The fourth-order valence-electron chi connectivity index (χ4n) is 3.74. The molecule has 0 aromatic heterocycles. The first kappa shape index (κ1) is 24.5. The van der Waals surface area contributed by atoms with Crippen LogP contribution in [-0.4, -0.2) is 41.6 Å². The minimum Gasteiger partial charge on any atom is -0.466 e. The third kappa shape index (κ3) is 4.12. The zero-order chi connectivity index (χ0) is 25.0. The standard InChI is InChI=1S/C23H22N4O6S/c1-26-34(30,31)17-12-8-7-11-16(17)27-20(23(29)33-3)19(22(28)32-2)18(15(13-24)21(27)25)14-9-5-4-6-10-14/h4-12,18,26H,25H2,1-3H3. The number of rotatable bonds is 6. The Morgan fingerprint density at radius 3 is 2.18 bits per heavy atom. The molecule has 1 atom stereocenters. The van der Waals surface area contributed by atoms with Gasteiger partial charge in [-0.05, 0) is 24.7 Å². The number of esters is 2. The summed E-state index contributed by atoms with van der Waals surface area (Å²) in [5, 5.41) is 10.1.